The van der Waals surface area contributed by atoms with E-state index >= 15 is 0 Å². The molecule has 2 aliphatic rings. The lowest BCUT2D eigenvalue weighted by atomic mass is 9.84. The third-order valence-corrected chi connectivity index (χ3v) is 9.62. The third kappa shape index (κ3) is 3.47. The molecule has 2 fully saturated rings. The Balaban J connectivity index is 1.87. The number of amides is 1. The Bertz CT molecular complexity index is 1420. The fraction of sp³-hybridized carbons (Fsp3) is 0.231. The van der Waals surface area contributed by atoms with Gasteiger partial charge in [0.05, 0.1) is 17.0 Å². The van der Waals surface area contributed by atoms with Gasteiger partial charge >= 0.3 is 0 Å². The van der Waals surface area contributed by atoms with E-state index in [1.807, 2.05) is 6.92 Å². The molecule has 1 amide bonds. The van der Waals surface area contributed by atoms with Crippen LogP contribution in [0.1, 0.15) is 36.6 Å². The van der Waals surface area contributed by atoms with Gasteiger partial charge in [0.25, 0.3) is 0 Å². The summed E-state index contributed by atoms with van der Waals surface area (Å²) in [6.45, 7) is 1.86. The van der Waals surface area contributed by atoms with Gasteiger partial charge in [-0.15, -0.1) is 0 Å². The second kappa shape index (κ2) is 8.65. The van der Waals surface area contributed by atoms with Gasteiger partial charge in [0, 0.05) is 22.5 Å². The Morgan fingerprint density at radius 1 is 0.886 bits per heavy atom. The molecule has 5 rings (SSSR count). The quantitative estimate of drug-likeness (QED) is 0.457. The highest BCUT2D eigenvalue weighted by Crippen LogP contribution is 2.59. The van der Waals surface area contributed by atoms with Crippen LogP contribution in [-0.2, 0) is 14.6 Å². The van der Waals surface area contributed by atoms with Gasteiger partial charge in [-0.2, -0.15) is 5.26 Å². The first-order valence-corrected chi connectivity index (χ1v) is 13.3. The largest absolute Gasteiger partial charge is 0.273 e. The molecule has 0 aliphatic carbocycles. The van der Waals surface area contributed by atoms with Crippen molar-refractivity contribution in [3.63, 3.8) is 0 Å². The van der Waals surface area contributed by atoms with E-state index in [1.165, 1.54) is 17.1 Å². The summed E-state index contributed by atoms with van der Waals surface area (Å²) in [4.78, 5) is 13.4. The van der Waals surface area contributed by atoms with Gasteiger partial charge < -0.3 is 0 Å². The first-order valence-electron chi connectivity index (χ1n) is 11.0. The Morgan fingerprint density at radius 2 is 1.40 bits per heavy atom. The lowest BCUT2D eigenvalue weighted by Crippen LogP contribution is -2.48. The summed E-state index contributed by atoms with van der Waals surface area (Å²) in [5.41, 5.74) is 1.10. The van der Waals surface area contributed by atoms with E-state index in [4.69, 9.17) is 23.2 Å². The maximum Gasteiger partial charge on any atom is 0.239 e. The van der Waals surface area contributed by atoms with Crippen LogP contribution in [0.5, 0.6) is 0 Å². The van der Waals surface area contributed by atoms with Gasteiger partial charge in [0.15, 0.2) is 0 Å². The fourth-order valence-corrected chi connectivity index (χ4v) is 7.66. The van der Waals surface area contributed by atoms with E-state index in [0.29, 0.717) is 21.2 Å². The molecular weight excluding hydrogens is 505 g/mol. The van der Waals surface area contributed by atoms with Gasteiger partial charge in [0.1, 0.15) is 6.04 Å². The number of hydrogen-bond donors (Lipinski definition) is 0. The summed E-state index contributed by atoms with van der Waals surface area (Å²) in [6.07, 6.45) is 0.209. The zero-order valence-corrected chi connectivity index (χ0v) is 21.0. The first kappa shape index (κ1) is 23.8. The van der Waals surface area contributed by atoms with Crippen LogP contribution in [0.25, 0.3) is 0 Å². The van der Waals surface area contributed by atoms with Crippen molar-refractivity contribution in [3.8, 4) is 6.07 Å². The second-order valence-electron chi connectivity index (χ2n) is 8.80. The second-order valence-corrected chi connectivity index (χ2v) is 11.8. The summed E-state index contributed by atoms with van der Waals surface area (Å²) in [7, 11) is -4.32. The summed E-state index contributed by atoms with van der Waals surface area (Å²) in [5, 5.41) is 15.0. The molecule has 2 saturated heterocycles. The number of fused-ring (bicyclic) bond motifs is 1. The number of hydrogen-bond acceptors (Lipinski definition) is 5. The van der Waals surface area contributed by atoms with Crippen molar-refractivity contribution in [1.82, 2.24) is 10.0 Å². The Morgan fingerprint density at radius 3 is 1.91 bits per heavy atom. The van der Waals surface area contributed by atoms with E-state index in [-0.39, 0.29) is 23.3 Å². The average Bonchev–Trinajstić information content (AvgIpc) is 3.33. The SMILES string of the molecule is C[C@H]1CC(=O)N2[C@H](c3ccc(Cl)cc3)[C@@](C#N)(S(=O)(=O)c3ccccc3)[C@H](c3ccc(Cl)cc3)N12. The van der Waals surface area contributed by atoms with E-state index < -0.39 is 26.7 Å². The number of benzene rings is 3. The number of carbonyl (C=O) groups is 1. The fourth-order valence-electron chi connectivity index (χ4n) is 5.32. The van der Waals surface area contributed by atoms with Crippen LogP contribution >= 0.6 is 23.2 Å². The average molecular weight is 526 g/mol. The Kier molecular flexibility index (Phi) is 5.89. The normalized spacial score (nSPS) is 26.5. The molecule has 35 heavy (non-hydrogen) atoms. The summed E-state index contributed by atoms with van der Waals surface area (Å²) < 4.78 is 26.9. The molecule has 0 spiro atoms. The molecule has 4 atom stereocenters. The molecule has 6 nitrogen and oxygen atoms in total. The highest BCUT2D eigenvalue weighted by Gasteiger charge is 2.71. The number of sulfone groups is 1. The minimum atomic E-state index is -4.32. The minimum absolute atomic E-state index is 0.0157. The number of rotatable bonds is 4. The predicted molar refractivity (Wildman–Crippen MR) is 133 cm³/mol. The molecular formula is C26H21Cl2N3O3S. The van der Waals surface area contributed by atoms with E-state index in [0.717, 1.165) is 0 Å². The Hall–Kier alpha value is -2.89. The highest BCUT2D eigenvalue weighted by molar-refractivity contribution is 7.93. The lowest BCUT2D eigenvalue weighted by molar-refractivity contribution is -0.139. The van der Waals surface area contributed by atoms with Crippen molar-refractivity contribution in [3.05, 3.63) is 100 Å². The smallest absolute Gasteiger partial charge is 0.239 e. The van der Waals surface area contributed by atoms with Gasteiger partial charge in [0.2, 0.25) is 20.5 Å². The van der Waals surface area contributed by atoms with Crippen LogP contribution in [0.4, 0.5) is 0 Å². The van der Waals surface area contributed by atoms with Gasteiger partial charge in [-0.1, -0.05) is 65.7 Å². The van der Waals surface area contributed by atoms with Crippen molar-refractivity contribution in [2.24, 2.45) is 0 Å². The maximum atomic E-state index is 14.5. The van der Waals surface area contributed by atoms with Gasteiger partial charge in [-0.05, 0) is 54.4 Å². The first-order chi connectivity index (χ1) is 16.7. The molecule has 2 heterocycles. The monoisotopic (exact) mass is 525 g/mol. The van der Waals surface area contributed by atoms with Crippen molar-refractivity contribution in [2.45, 2.75) is 41.1 Å². The molecule has 0 aromatic heterocycles. The van der Waals surface area contributed by atoms with Crippen molar-refractivity contribution in [1.29, 1.82) is 5.26 Å². The molecule has 0 unspecified atom stereocenters. The maximum absolute atomic E-state index is 14.5. The molecule has 178 valence electrons. The van der Waals surface area contributed by atoms with Crippen LogP contribution in [0.2, 0.25) is 10.0 Å². The zero-order chi connectivity index (χ0) is 25.0. The summed E-state index contributed by atoms with van der Waals surface area (Å²) in [5.74, 6) is -0.239. The van der Waals surface area contributed by atoms with E-state index in [9.17, 15) is 18.5 Å². The van der Waals surface area contributed by atoms with Crippen LogP contribution in [0.3, 0.4) is 0 Å². The van der Waals surface area contributed by atoms with Crippen LogP contribution in [0.15, 0.2) is 83.8 Å². The van der Waals surface area contributed by atoms with E-state index in [2.05, 4.69) is 6.07 Å². The van der Waals surface area contributed by atoms with Crippen LogP contribution in [0, 0.1) is 11.3 Å². The van der Waals surface area contributed by atoms with Crippen LogP contribution in [-0.4, -0.2) is 35.1 Å². The molecule has 0 radical (unpaired) electrons. The minimum Gasteiger partial charge on any atom is -0.273 e. The molecule has 3 aromatic carbocycles. The Labute approximate surface area is 214 Å². The highest BCUT2D eigenvalue weighted by atomic mass is 35.5. The summed E-state index contributed by atoms with van der Waals surface area (Å²) >= 11 is 12.3. The number of carbonyl (C=O) groups excluding carboxylic acids is 1. The molecule has 9 heteroatoms. The van der Waals surface area contributed by atoms with Crippen molar-refractivity contribution >= 4 is 38.9 Å². The molecule has 0 saturated carbocycles. The molecule has 2 aliphatic heterocycles. The van der Waals surface area contributed by atoms with Crippen LogP contribution < -0.4 is 0 Å². The standard InChI is InChI=1S/C26H21Cl2N3O3S/c1-17-15-23(32)31-25(19-9-13-21(28)14-10-19)26(16-29,35(33,34)22-5-3-2-4-6-22)24(30(17)31)18-7-11-20(27)12-8-18/h2-14,17,24-25H,15H2,1H3/t17-,24-,25+,26-/m0/s1. The topological polar surface area (TPSA) is 81.5 Å². The number of nitriles is 1. The summed E-state index contributed by atoms with van der Waals surface area (Å²) in [6, 6.07) is 21.2. The third-order valence-electron chi connectivity index (χ3n) is 6.79. The van der Waals surface area contributed by atoms with Gasteiger partial charge in [-0.3, -0.25) is 9.80 Å². The number of nitrogens with zero attached hydrogens (tertiary/aromatic N) is 3. The molecule has 0 bridgehead atoms. The number of hydrazine groups is 1. The number of halogens is 2. The van der Waals surface area contributed by atoms with Crippen molar-refractivity contribution in [2.75, 3.05) is 0 Å². The predicted octanol–water partition coefficient (Wildman–Crippen LogP) is 5.36. The molecule has 3 aromatic rings. The van der Waals surface area contributed by atoms with Gasteiger partial charge in [-0.25, -0.2) is 13.4 Å². The van der Waals surface area contributed by atoms with Crippen molar-refractivity contribution < 1.29 is 13.2 Å². The molecule has 0 N–H and O–H groups in total. The zero-order valence-electron chi connectivity index (χ0n) is 18.7. The lowest BCUT2D eigenvalue weighted by Gasteiger charge is -2.34. The van der Waals surface area contributed by atoms with E-state index in [1.54, 1.807) is 71.7 Å².